The van der Waals surface area contributed by atoms with Crippen LogP contribution in [0.4, 0.5) is 16.2 Å². The number of unbranched alkanes of at least 4 members (excludes halogenated alkanes) is 1. The van der Waals surface area contributed by atoms with E-state index in [-0.39, 0.29) is 18.7 Å². The number of nitrogens with one attached hydrogen (secondary N) is 2. The van der Waals surface area contributed by atoms with Gasteiger partial charge in [0.1, 0.15) is 0 Å². The Morgan fingerprint density at radius 3 is 2.57 bits per heavy atom. The minimum atomic E-state index is -0.247. The van der Waals surface area contributed by atoms with Gasteiger partial charge >= 0.3 is 6.03 Å². The first kappa shape index (κ1) is 17.3. The van der Waals surface area contributed by atoms with E-state index in [1.807, 2.05) is 31.2 Å². The second-order valence-electron chi connectivity index (χ2n) is 5.33. The Labute approximate surface area is 127 Å². The number of carbonyl (C=O) groups excluding carboxylic acids is 1. The van der Waals surface area contributed by atoms with E-state index in [4.69, 9.17) is 5.11 Å². The standard InChI is InChI=1S/C16H27N3O2/c1-4-5-11-19(3)15-8-6-14(7-9-15)18-16(21)17-13(2)10-12-20/h6-9,13,20H,4-5,10-12H2,1-3H3,(H2,17,18,21)/t13-/m1/s1. The fourth-order valence-corrected chi connectivity index (χ4v) is 1.98. The van der Waals surface area contributed by atoms with Crippen molar-refractivity contribution < 1.29 is 9.90 Å². The summed E-state index contributed by atoms with van der Waals surface area (Å²) in [5.41, 5.74) is 1.90. The molecular weight excluding hydrogens is 266 g/mol. The molecule has 0 saturated heterocycles. The minimum absolute atomic E-state index is 0.0468. The molecule has 0 spiro atoms. The van der Waals surface area contributed by atoms with E-state index in [0.29, 0.717) is 6.42 Å². The Balaban J connectivity index is 2.48. The zero-order valence-corrected chi connectivity index (χ0v) is 13.2. The van der Waals surface area contributed by atoms with Crippen LogP contribution in [0, 0.1) is 0 Å². The molecule has 0 aliphatic heterocycles. The van der Waals surface area contributed by atoms with Gasteiger partial charge in [0.15, 0.2) is 0 Å². The van der Waals surface area contributed by atoms with Gasteiger partial charge in [0.25, 0.3) is 0 Å². The molecule has 0 fully saturated rings. The van der Waals surface area contributed by atoms with Crippen molar-refractivity contribution in [3.8, 4) is 0 Å². The topological polar surface area (TPSA) is 64.6 Å². The van der Waals surface area contributed by atoms with Crippen LogP contribution in [0.3, 0.4) is 0 Å². The van der Waals surface area contributed by atoms with E-state index in [9.17, 15) is 4.79 Å². The molecule has 3 N–H and O–H groups in total. The highest BCUT2D eigenvalue weighted by molar-refractivity contribution is 5.89. The van der Waals surface area contributed by atoms with Crippen molar-refractivity contribution in [1.82, 2.24) is 5.32 Å². The Hall–Kier alpha value is -1.75. The number of rotatable bonds is 8. The van der Waals surface area contributed by atoms with Crippen molar-refractivity contribution in [3.05, 3.63) is 24.3 Å². The third-order valence-electron chi connectivity index (χ3n) is 3.35. The Morgan fingerprint density at radius 1 is 1.33 bits per heavy atom. The smallest absolute Gasteiger partial charge is 0.319 e. The number of aliphatic hydroxyl groups excluding tert-OH is 1. The van der Waals surface area contributed by atoms with E-state index in [1.165, 1.54) is 12.8 Å². The third-order valence-corrected chi connectivity index (χ3v) is 3.35. The summed E-state index contributed by atoms with van der Waals surface area (Å²) < 4.78 is 0. The first-order valence-corrected chi connectivity index (χ1v) is 7.56. The average molecular weight is 293 g/mol. The molecule has 118 valence electrons. The number of hydrogen-bond donors (Lipinski definition) is 3. The van der Waals surface area contributed by atoms with E-state index in [1.54, 1.807) is 0 Å². The van der Waals surface area contributed by atoms with Crippen LogP contribution in [0.25, 0.3) is 0 Å². The molecule has 0 heterocycles. The highest BCUT2D eigenvalue weighted by Gasteiger charge is 2.07. The number of carbonyl (C=O) groups is 1. The first-order valence-electron chi connectivity index (χ1n) is 7.56. The van der Waals surface area contributed by atoms with Gasteiger partial charge in [0, 0.05) is 37.6 Å². The van der Waals surface area contributed by atoms with Crippen LogP contribution < -0.4 is 15.5 Å². The van der Waals surface area contributed by atoms with Crippen LogP contribution in [0.5, 0.6) is 0 Å². The zero-order valence-electron chi connectivity index (χ0n) is 13.2. The fraction of sp³-hybridized carbons (Fsp3) is 0.562. The molecule has 0 radical (unpaired) electrons. The maximum absolute atomic E-state index is 11.7. The highest BCUT2D eigenvalue weighted by atomic mass is 16.3. The van der Waals surface area contributed by atoms with Crippen molar-refractivity contribution in [3.63, 3.8) is 0 Å². The zero-order chi connectivity index (χ0) is 15.7. The summed E-state index contributed by atoms with van der Waals surface area (Å²) in [6.07, 6.45) is 2.90. The van der Waals surface area contributed by atoms with E-state index >= 15 is 0 Å². The number of amides is 2. The van der Waals surface area contributed by atoms with Gasteiger partial charge in [0.05, 0.1) is 0 Å². The van der Waals surface area contributed by atoms with E-state index < -0.39 is 0 Å². The van der Waals surface area contributed by atoms with Crippen LogP contribution in [-0.2, 0) is 0 Å². The number of urea groups is 1. The lowest BCUT2D eigenvalue weighted by molar-refractivity contribution is 0.241. The van der Waals surface area contributed by atoms with Gasteiger partial charge in [-0.1, -0.05) is 13.3 Å². The average Bonchev–Trinajstić information content (AvgIpc) is 2.45. The van der Waals surface area contributed by atoms with Crippen molar-refractivity contribution in [2.75, 3.05) is 30.4 Å². The summed E-state index contributed by atoms with van der Waals surface area (Å²) in [7, 11) is 2.07. The van der Waals surface area contributed by atoms with E-state index in [0.717, 1.165) is 17.9 Å². The van der Waals surface area contributed by atoms with Gasteiger partial charge in [-0.25, -0.2) is 4.79 Å². The molecule has 1 atom stereocenters. The number of hydrogen-bond acceptors (Lipinski definition) is 3. The maximum atomic E-state index is 11.7. The van der Waals surface area contributed by atoms with Crippen molar-refractivity contribution in [2.24, 2.45) is 0 Å². The molecule has 0 unspecified atom stereocenters. The molecule has 0 bridgehead atoms. The summed E-state index contributed by atoms with van der Waals surface area (Å²) in [6.45, 7) is 5.14. The van der Waals surface area contributed by atoms with E-state index in [2.05, 4.69) is 29.5 Å². The highest BCUT2D eigenvalue weighted by Crippen LogP contribution is 2.17. The van der Waals surface area contributed by atoms with Crippen LogP contribution in [-0.4, -0.2) is 37.4 Å². The molecule has 21 heavy (non-hydrogen) atoms. The second kappa shape index (κ2) is 9.23. The van der Waals surface area contributed by atoms with Gasteiger partial charge in [-0.05, 0) is 44.0 Å². The summed E-state index contributed by atoms with van der Waals surface area (Å²) in [5.74, 6) is 0. The van der Waals surface area contributed by atoms with Gasteiger partial charge in [0.2, 0.25) is 0 Å². The normalized spacial score (nSPS) is 11.8. The number of anilines is 2. The van der Waals surface area contributed by atoms with Crippen LogP contribution in [0.1, 0.15) is 33.1 Å². The van der Waals surface area contributed by atoms with Crippen LogP contribution >= 0.6 is 0 Å². The molecule has 5 heteroatoms. The van der Waals surface area contributed by atoms with Gasteiger partial charge in [-0.3, -0.25) is 0 Å². The Kier molecular flexibility index (Phi) is 7.61. The largest absolute Gasteiger partial charge is 0.396 e. The number of aliphatic hydroxyl groups is 1. The summed E-state index contributed by atoms with van der Waals surface area (Å²) in [5, 5.41) is 14.4. The molecule has 0 aromatic heterocycles. The molecule has 2 amide bonds. The Bertz CT molecular complexity index is 420. The molecule has 0 saturated carbocycles. The van der Waals surface area contributed by atoms with Crippen LogP contribution in [0.15, 0.2) is 24.3 Å². The van der Waals surface area contributed by atoms with Crippen LogP contribution in [0.2, 0.25) is 0 Å². The maximum Gasteiger partial charge on any atom is 0.319 e. The predicted molar refractivity (Wildman–Crippen MR) is 87.9 cm³/mol. The predicted octanol–water partition coefficient (Wildman–Crippen LogP) is 2.82. The molecule has 0 aliphatic rings. The molecule has 1 aromatic carbocycles. The van der Waals surface area contributed by atoms with Crippen molar-refractivity contribution in [1.29, 1.82) is 0 Å². The Morgan fingerprint density at radius 2 is 2.00 bits per heavy atom. The molecule has 5 nitrogen and oxygen atoms in total. The monoisotopic (exact) mass is 293 g/mol. The third kappa shape index (κ3) is 6.49. The van der Waals surface area contributed by atoms with Gasteiger partial charge < -0.3 is 20.6 Å². The van der Waals surface area contributed by atoms with Gasteiger partial charge in [-0.15, -0.1) is 0 Å². The first-order chi connectivity index (χ1) is 10.1. The number of benzene rings is 1. The lowest BCUT2D eigenvalue weighted by Gasteiger charge is -2.19. The molecular formula is C16H27N3O2. The van der Waals surface area contributed by atoms with Gasteiger partial charge in [-0.2, -0.15) is 0 Å². The van der Waals surface area contributed by atoms with Crippen molar-refractivity contribution >= 4 is 17.4 Å². The summed E-state index contributed by atoms with van der Waals surface area (Å²) in [4.78, 5) is 13.9. The lowest BCUT2D eigenvalue weighted by atomic mass is 10.2. The molecule has 0 aliphatic carbocycles. The summed E-state index contributed by atoms with van der Waals surface area (Å²) in [6, 6.07) is 7.50. The summed E-state index contributed by atoms with van der Waals surface area (Å²) >= 11 is 0. The second-order valence-corrected chi connectivity index (χ2v) is 5.33. The van der Waals surface area contributed by atoms with Crippen molar-refractivity contribution in [2.45, 2.75) is 39.2 Å². The molecule has 1 aromatic rings. The number of nitrogens with zero attached hydrogens (tertiary/aromatic N) is 1. The SMILES string of the molecule is CCCCN(C)c1ccc(NC(=O)N[C@H](C)CCO)cc1. The fourth-order valence-electron chi connectivity index (χ4n) is 1.98. The lowest BCUT2D eigenvalue weighted by Crippen LogP contribution is -2.36. The minimum Gasteiger partial charge on any atom is -0.396 e. The molecule has 1 rings (SSSR count). The quantitative estimate of drug-likeness (QED) is 0.690.